The van der Waals surface area contributed by atoms with Crippen LogP contribution in [0.4, 0.5) is 13.2 Å². The van der Waals surface area contributed by atoms with Gasteiger partial charge in [0.05, 0.1) is 31.3 Å². The number of ketones is 1. The quantitative estimate of drug-likeness (QED) is 0.807. The van der Waals surface area contributed by atoms with Gasteiger partial charge in [0.1, 0.15) is 0 Å². The molecule has 0 aliphatic carbocycles. The molecule has 0 atom stereocenters. The number of aliphatic hydroxyl groups excluding tert-OH is 1. The second-order valence-corrected chi connectivity index (χ2v) is 4.16. The Labute approximate surface area is 114 Å². The maximum Gasteiger partial charge on any atom is 0.401 e. The summed E-state index contributed by atoms with van der Waals surface area (Å²) in [5.41, 5.74) is 0.596. The van der Waals surface area contributed by atoms with Crippen LogP contribution in [0.1, 0.15) is 15.9 Å². The molecule has 0 heterocycles. The highest BCUT2D eigenvalue weighted by Gasteiger charge is 2.31. The van der Waals surface area contributed by atoms with E-state index < -0.39 is 31.7 Å². The Morgan fingerprint density at radius 2 is 1.90 bits per heavy atom. The predicted molar refractivity (Wildman–Crippen MR) is 65.1 cm³/mol. The molecule has 0 saturated carbocycles. The van der Waals surface area contributed by atoms with Gasteiger partial charge >= 0.3 is 6.18 Å². The van der Waals surface area contributed by atoms with E-state index in [-0.39, 0.29) is 12.1 Å². The number of hydrogen-bond donors (Lipinski definition) is 1. The topological polar surface area (TPSA) is 64.3 Å². The van der Waals surface area contributed by atoms with Crippen LogP contribution in [0.2, 0.25) is 0 Å². The number of rotatable bonds is 6. The van der Waals surface area contributed by atoms with E-state index in [0.717, 1.165) is 4.90 Å². The van der Waals surface area contributed by atoms with Gasteiger partial charge in [-0.25, -0.2) is 0 Å². The van der Waals surface area contributed by atoms with Gasteiger partial charge in [0.2, 0.25) is 0 Å². The smallest absolute Gasteiger partial charge is 0.395 e. The third kappa shape index (κ3) is 5.38. The lowest BCUT2D eigenvalue weighted by Crippen LogP contribution is -2.39. The van der Waals surface area contributed by atoms with Gasteiger partial charge in [-0.15, -0.1) is 0 Å². The maximum atomic E-state index is 12.3. The fourth-order valence-electron chi connectivity index (χ4n) is 1.63. The Balaban J connectivity index is 2.72. The third-order valence-electron chi connectivity index (χ3n) is 2.52. The van der Waals surface area contributed by atoms with Gasteiger partial charge in [-0.1, -0.05) is 12.1 Å². The van der Waals surface area contributed by atoms with Crippen molar-refractivity contribution < 1.29 is 23.1 Å². The number of nitrogens with zero attached hydrogens (tertiary/aromatic N) is 2. The molecule has 4 nitrogen and oxygen atoms in total. The van der Waals surface area contributed by atoms with Gasteiger partial charge in [-0.05, 0) is 12.1 Å². The Kier molecular flexibility index (Phi) is 5.67. The zero-order valence-electron chi connectivity index (χ0n) is 10.5. The highest BCUT2D eigenvalue weighted by Crippen LogP contribution is 2.16. The molecule has 1 aromatic carbocycles. The number of aliphatic hydroxyl groups is 1. The Bertz CT molecular complexity index is 492. The third-order valence-corrected chi connectivity index (χ3v) is 2.52. The van der Waals surface area contributed by atoms with Crippen molar-refractivity contribution in [2.24, 2.45) is 0 Å². The van der Waals surface area contributed by atoms with Gasteiger partial charge in [0.15, 0.2) is 5.78 Å². The van der Waals surface area contributed by atoms with Gasteiger partial charge in [-0.2, -0.15) is 18.4 Å². The summed E-state index contributed by atoms with van der Waals surface area (Å²) in [5.74, 6) is -0.493. The van der Waals surface area contributed by atoms with E-state index in [1.54, 1.807) is 0 Å². The first-order valence-corrected chi connectivity index (χ1v) is 5.79. The normalized spacial score (nSPS) is 11.4. The van der Waals surface area contributed by atoms with Crippen LogP contribution in [-0.2, 0) is 0 Å². The van der Waals surface area contributed by atoms with Crippen LogP contribution < -0.4 is 0 Å². The summed E-state index contributed by atoms with van der Waals surface area (Å²) in [6, 6.07) is 7.52. The second-order valence-electron chi connectivity index (χ2n) is 4.16. The molecule has 0 bridgehead atoms. The van der Waals surface area contributed by atoms with Crippen molar-refractivity contribution in [1.82, 2.24) is 4.90 Å². The predicted octanol–water partition coefficient (Wildman–Crippen LogP) is 1.60. The first-order valence-electron chi connectivity index (χ1n) is 5.79. The van der Waals surface area contributed by atoms with Crippen LogP contribution in [-0.4, -0.2) is 48.2 Å². The van der Waals surface area contributed by atoms with Crippen molar-refractivity contribution in [3.05, 3.63) is 35.4 Å². The van der Waals surface area contributed by atoms with Crippen LogP contribution in [0.3, 0.4) is 0 Å². The van der Waals surface area contributed by atoms with Crippen molar-refractivity contribution in [3.63, 3.8) is 0 Å². The highest BCUT2D eigenvalue weighted by molar-refractivity contribution is 5.97. The molecule has 1 N–H and O–H groups in total. The van der Waals surface area contributed by atoms with Crippen LogP contribution in [0, 0.1) is 11.3 Å². The fourth-order valence-corrected chi connectivity index (χ4v) is 1.63. The fraction of sp³-hybridized carbons (Fsp3) is 0.385. The molecule has 108 valence electrons. The molecule has 0 amide bonds. The second kappa shape index (κ2) is 7.03. The molecule has 0 aromatic heterocycles. The molecule has 0 unspecified atom stereocenters. The van der Waals surface area contributed by atoms with E-state index in [0.29, 0.717) is 5.56 Å². The molecular weight excluding hydrogens is 273 g/mol. The summed E-state index contributed by atoms with van der Waals surface area (Å²) >= 11 is 0. The number of hydrogen-bond acceptors (Lipinski definition) is 4. The highest BCUT2D eigenvalue weighted by atomic mass is 19.4. The van der Waals surface area contributed by atoms with Crippen molar-refractivity contribution in [2.45, 2.75) is 6.18 Å². The summed E-state index contributed by atoms with van der Waals surface area (Å²) in [4.78, 5) is 12.7. The number of Topliss-reactive ketones (excluding diaryl/α,β-unsaturated/α-hetero) is 1. The van der Waals surface area contributed by atoms with E-state index in [9.17, 15) is 18.0 Å². The molecule has 1 aromatic rings. The molecule has 0 fully saturated rings. The van der Waals surface area contributed by atoms with Gasteiger partial charge in [-0.3, -0.25) is 9.69 Å². The van der Waals surface area contributed by atoms with Crippen LogP contribution >= 0.6 is 0 Å². The molecule has 0 spiro atoms. The summed E-state index contributed by atoms with van der Waals surface area (Å²) in [6.07, 6.45) is -4.43. The number of nitriles is 1. The zero-order chi connectivity index (χ0) is 15.2. The van der Waals surface area contributed by atoms with E-state index in [1.807, 2.05) is 6.07 Å². The van der Waals surface area contributed by atoms with Crippen LogP contribution in [0.25, 0.3) is 0 Å². The standard InChI is InChI=1S/C13H13F3N2O2/c14-13(15,16)9-18(5-6-19)8-12(20)11-3-1-10(7-17)2-4-11/h1-4,19H,5-6,8-9H2. The van der Waals surface area contributed by atoms with Crippen molar-refractivity contribution >= 4 is 5.78 Å². The number of benzene rings is 1. The van der Waals surface area contributed by atoms with Gasteiger partial charge < -0.3 is 5.11 Å². The number of halogens is 3. The van der Waals surface area contributed by atoms with Gasteiger partial charge in [0, 0.05) is 12.1 Å². The van der Waals surface area contributed by atoms with Crippen LogP contribution in [0.15, 0.2) is 24.3 Å². The van der Waals surface area contributed by atoms with Crippen LogP contribution in [0.5, 0.6) is 0 Å². The largest absolute Gasteiger partial charge is 0.401 e. The zero-order valence-corrected chi connectivity index (χ0v) is 10.5. The SMILES string of the molecule is N#Cc1ccc(C(=O)CN(CCO)CC(F)(F)F)cc1. The maximum absolute atomic E-state index is 12.3. The van der Waals surface area contributed by atoms with E-state index in [4.69, 9.17) is 10.4 Å². The first-order chi connectivity index (χ1) is 9.35. The molecular formula is C13H13F3N2O2. The Morgan fingerprint density at radius 1 is 1.30 bits per heavy atom. The number of carbonyl (C=O) groups excluding carboxylic acids is 1. The molecule has 0 aliphatic rings. The summed E-state index contributed by atoms with van der Waals surface area (Å²) in [5, 5.41) is 17.3. The molecule has 1 rings (SSSR count). The Morgan fingerprint density at radius 3 is 2.35 bits per heavy atom. The molecule has 0 saturated heterocycles. The molecule has 0 aliphatic heterocycles. The number of carbonyl (C=O) groups is 1. The average molecular weight is 286 g/mol. The van der Waals surface area contributed by atoms with E-state index in [1.165, 1.54) is 24.3 Å². The van der Waals surface area contributed by atoms with E-state index in [2.05, 4.69) is 0 Å². The van der Waals surface area contributed by atoms with Crippen molar-refractivity contribution in [3.8, 4) is 6.07 Å². The first kappa shape index (κ1) is 16.1. The lowest BCUT2D eigenvalue weighted by molar-refractivity contribution is -0.145. The molecule has 0 radical (unpaired) electrons. The minimum absolute atomic E-state index is 0.231. The lowest BCUT2D eigenvalue weighted by Gasteiger charge is -2.21. The van der Waals surface area contributed by atoms with Gasteiger partial charge in [0.25, 0.3) is 0 Å². The monoisotopic (exact) mass is 286 g/mol. The summed E-state index contributed by atoms with van der Waals surface area (Å²) < 4.78 is 36.9. The van der Waals surface area contributed by atoms with Crippen molar-refractivity contribution in [1.29, 1.82) is 5.26 Å². The molecule has 20 heavy (non-hydrogen) atoms. The minimum atomic E-state index is -4.43. The lowest BCUT2D eigenvalue weighted by atomic mass is 10.1. The summed E-state index contributed by atoms with van der Waals surface area (Å²) in [7, 11) is 0. The molecule has 7 heteroatoms. The minimum Gasteiger partial charge on any atom is -0.395 e. The Hall–Kier alpha value is -1.91. The van der Waals surface area contributed by atoms with Crippen molar-refractivity contribution in [2.75, 3.05) is 26.2 Å². The summed E-state index contributed by atoms with van der Waals surface area (Å²) in [6.45, 7) is -2.39. The average Bonchev–Trinajstić information content (AvgIpc) is 2.37. The van der Waals surface area contributed by atoms with E-state index >= 15 is 0 Å². The number of alkyl halides is 3.